The van der Waals surface area contributed by atoms with Gasteiger partial charge in [0.15, 0.2) is 0 Å². The predicted octanol–water partition coefficient (Wildman–Crippen LogP) is 8.38. The molecule has 0 N–H and O–H groups in total. The first-order valence-electron chi connectivity index (χ1n) is 9.19. The lowest BCUT2D eigenvalue weighted by molar-refractivity contribution is 1.65. The highest BCUT2D eigenvalue weighted by molar-refractivity contribution is 9.15. The average Bonchev–Trinajstić information content (AvgIpc) is 3.10. The molecule has 2 heteroatoms. The molecule has 1 aliphatic carbocycles. The van der Waals surface area contributed by atoms with E-state index in [2.05, 4.69) is 129 Å². The maximum atomic E-state index is 3.94. The normalized spacial score (nSPS) is 16.4. The van der Waals surface area contributed by atoms with Crippen LogP contribution in [0.4, 0.5) is 0 Å². The molecule has 0 unspecified atom stereocenters. The monoisotopic (exact) mass is 486 g/mol. The zero-order valence-electron chi connectivity index (χ0n) is 15.0. The fourth-order valence-corrected chi connectivity index (χ4v) is 5.29. The summed E-state index contributed by atoms with van der Waals surface area (Å²) in [5.41, 5.74) is 7.35. The highest BCUT2D eigenvalue weighted by atomic mass is 79.9. The first-order valence-corrected chi connectivity index (χ1v) is 10.8. The van der Waals surface area contributed by atoms with Gasteiger partial charge in [-0.15, -0.1) is 0 Å². The van der Waals surface area contributed by atoms with Crippen molar-refractivity contribution in [3.63, 3.8) is 0 Å². The summed E-state index contributed by atoms with van der Waals surface area (Å²) in [6.45, 7) is 0. The minimum Gasteiger partial charge on any atom is -0.0622 e. The summed E-state index contributed by atoms with van der Waals surface area (Å²) in [7, 11) is 0. The van der Waals surface area contributed by atoms with Crippen LogP contribution < -0.4 is 0 Å². The molecule has 0 bridgehead atoms. The van der Waals surface area contributed by atoms with Gasteiger partial charge in [-0.1, -0.05) is 97.1 Å². The third-order valence-corrected chi connectivity index (χ3v) is 6.90. The molecule has 4 aromatic rings. The fraction of sp³-hybridized carbons (Fsp3) is 0. The number of hydrogen-bond donors (Lipinski definition) is 0. The van der Waals surface area contributed by atoms with E-state index in [-0.39, 0.29) is 0 Å². The van der Waals surface area contributed by atoms with E-state index in [9.17, 15) is 0 Å². The van der Waals surface area contributed by atoms with Gasteiger partial charge in [-0.25, -0.2) is 0 Å². The molecule has 28 heavy (non-hydrogen) atoms. The molecule has 0 saturated heterocycles. The molecule has 0 saturated carbocycles. The van der Waals surface area contributed by atoms with E-state index in [1.807, 2.05) is 0 Å². The Bertz CT molecular complexity index is 1150. The quantitative estimate of drug-likeness (QED) is 0.266. The van der Waals surface area contributed by atoms with E-state index in [0.29, 0.717) is 0 Å². The van der Waals surface area contributed by atoms with Gasteiger partial charge >= 0.3 is 0 Å². The molecule has 0 atom stereocenters. The SMILES string of the molecule is Br/C(=C1/C(=C(/Br)c2ccccc2)c2cccc3cccc1c23)c1ccccc1. The molecule has 0 spiro atoms. The van der Waals surface area contributed by atoms with Crippen LogP contribution in [0, 0.1) is 0 Å². The van der Waals surface area contributed by atoms with Crippen molar-refractivity contribution in [3.8, 4) is 0 Å². The Balaban J connectivity index is 1.91. The average molecular weight is 488 g/mol. The summed E-state index contributed by atoms with van der Waals surface area (Å²) < 4.78 is 2.22. The molecule has 1 aliphatic rings. The van der Waals surface area contributed by atoms with Gasteiger partial charge in [-0.05, 0) is 64.9 Å². The summed E-state index contributed by atoms with van der Waals surface area (Å²) >= 11 is 7.89. The second-order valence-corrected chi connectivity index (χ2v) is 8.41. The number of hydrogen-bond acceptors (Lipinski definition) is 0. The molecule has 0 radical (unpaired) electrons. The number of allylic oxidation sites excluding steroid dienone is 2. The molecule has 0 aliphatic heterocycles. The van der Waals surface area contributed by atoms with Gasteiger partial charge < -0.3 is 0 Å². The number of benzene rings is 4. The van der Waals surface area contributed by atoms with E-state index in [4.69, 9.17) is 0 Å². The van der Waals surface area contributed by atoms with E-state index in [1.165, 1.54) is 44.2 Å². The van der Waals surface area contributed by atoms with Crippen LogP contribution >= 0.6 is 31.9 Å². The maximum Gasteiger partial charge on any atom is 0.0333 e. The lowest BCUT2D eigenvalue weighted by Crippen LogP contribution is -1.89. The molecular weight excluding hydrogens is 472 g/mol. The van der Waals surface area contributed by atoms with Gasteiger partial charge in [0.2, 0.25) is 0 Å². The van der Waals surface area contributed by atoms with Crippen LogP contribution in [0.1, 0.15) is 22.3 Å². The van der Waals surface area contributed by atoms with Crippen LogP contribution in [0.25, 0.3) is 30.9 Å². The van der Waals surface area contributed by atoms with Crippen LogP contribution in [0.2, 0.25) is 0 Å². The van der Waals surface area contributed by atoms with Crippen molar-refractivity contribution in [2.45, 2.75) is 0 Å². The summed E-state index contributed by atoms with van der Waals surface area (Å²) in [6.07, 6.45) is 0. The van der Waals surface area contributed by atoms with E-state index < -0.39 is 0 Å². The lowest BCUT2D eigenvalue weighted by Gasteiger charge is -2.13. The third-order valence-electron chi connectivity index (χ3n) is 5.19. The van der Waals surface area contributed by atoms with Gasteiger partial charge in [-0.3, -0.25) is 0 Å². The number of rotatable bonds is 2. The van der Waals surface area contributed by atoms with Crippen LogP contribution in [0.3, 0.4) is 0 Å². The molecule has 0 nitrogen and oxygen atoms in total. The van der Waals surface area contributed by atoms with Crippen LogP contribution in [0.5, 0.6) is 0 Å². The van der Waals surface area contributed by atoms with Crippen molar-refractivity contribution in [2.75, 3.05) is 0 Å². The summed E-state index contributed by atoms with van der Waals surface area (Å²) in [6, 6.07) is 34.1. The maximum absolute atomic E-state index is 3.94. The summed E-state index contributed by atoms with van der Waals surface area (Å²) in [5.74, 6) is 0. The topological polar surface area (TPSA) is 0 Å². The molecule has 0 heterocycles. The van der Waals surface area contributed by atoms with Gasteiger partial charge in [0.05, 0.1) is 0 Å². The van der Waals surface area contributed by atoms with Crippen LogP contribution in [-0.2, 0) is 0 Å². The molecule has 5 rings (SSSR count). The molecule has 0 aromatic heterocycles. The standard InChI is InChI=1S/C26H16Br2/c27-25(18-9-3-1-4-10-18)23-20-15-7-13-17-14-8-16-21(22(17)20)24(23)26(28)19-11-5-2-6-12-19/h1-16H/b25-23+,26-24+. The Labute approximate surface area is 181 Å². The molecular formula is C26H16Br2. The molecule has 0 fully saturated rings. The van der Waals surface area contributed by atoms with E-state index in [0.717, 1.165) is 8.96 Å². The Kier molecular flexibility index (Phi) is 4.54. The Hall–Kier alpha value is -2.42. The van der Waals surface area contributed by atoms with Crippen molar-refractivity contribution in [1.82, 2.24) is 0 Å². The van der Waals surface area contributed by atoms with E-state index >= 15 is 0 Å². The fourth-order valence-electron chi connectivity index (χ4n) is 3.94. The zero-order valence-corrected chi connectivity index (χ0v) is 18.2. The predicted molar refractivity (Wildman–Crippen MR) is 128 cm³/mol. The minimum atomic E-state index is 1.11. The molecule has 134 valence electrons. The van der Waals surface area contributed by atoms with Gasteiger partial charge in [-0.2, -0.15) is 0 Å². The first kappa shape index (κ1) is 17.7. The van der Waals surface area contributed by atoms with Gasteiger partial charge in [0.25, 0.3) is 0 Å². The van der Waals surface area contributed by atoms with Gasteiger partial charge in [0, 0.05) is 20.1 Å². The molecule has 4 aromatic carbocycles. The summed E-state index contributed by atoms with van der Waals surface area (Å²) in [5, 5.41) is 2.58. The largest absolute Gasteiger partial charge is 0.0622 e. The highest BCUT2D eigenvalue weighted by Crippen LogP contribution is 2.53. The lowest BCUT2D eigenvalue weighted by atomic mass is 9.97. The van der Waals surface area contributed by atoms with Crippen molar-refractivity contribution in [2.24, 2.45) is 0 Å². The van der Waals surface area contributed by atoms with Crippen molar-refractivity contribution in [1.29, 1.82) is 0 Å². The smallest absolute Gasteiger partial charge is 0.0333 e. The second-order valence-electron chi connectivity index (χ2n) is 6.82. The second kappa shape index (κ2) is 7.20. The molecule has 0 amide bonds. The zero-order chi connectivity index (χ0) is 19.1. The highest BCUT2D eigenvalue weighted by Gasteiger charge is 2.29. The van der Waals surface area contributed by atoms with Crippen molar-refractivity contribution >= 4 is 62.7 Å². The van der Waals surface area contributed by atoms with Crippen molar-refractivity contribution < 1.29 is 0 Å². The Morgan fingerprint density at radius 2 is 0.893 bits per heavy atom. The minimum absolute atomic E-state index is 1.11. The summed E-state index contributed by atoms with van der Waals surface area (Å²) in [4.78, 5) is 0. The number of halogens is 2. The van der Waals surface area contributed by atoms with Crippen LogP contribution in [0.15, 0.2) is 97.1 Å². The van der Waals surface area contributed by atoms with E-state index in [1.54, 1.807) is 0 Å². The Morgan fingerprint density at radius 3 is 1.32 bits per heavy atom. The van der Waals surface area contributed by atoms with Crippen molar-refractivity contribution in [3.05, 3.63) is 119 Å². The van der Waals surface area contributed by atoms with Crippen LogP contribution in [-0.4, -0.2) is 0 Å². The first-order chi connectivity index (χ1) is 13.8. The van der Waals surface area contributed by atoms with Gasteiger partial charge in [0.1, 0.15) is 0 Å². The third kappa shape index (κ3) is 2.80. The Morgan fingerprint density at radius 1 is 0.464 bits per heavy atom.